The van der Waals surface area contributed by atoms with Gasteiger partial charge in [-0.1, -0.05) is 37.8 Å². The van der Waals surface area contributed by atoms with Crippen LogP contribution < -0.4 is 5.32 Å². The van der Waals surface area contributed by atoms with E-state index in [2.05, 4.69) is 25.4 Å². The molecule has 0 heterocycles. The number of carbonyl (C=O) groups excluding carboxylic acids is 1. The Balaban J connectivity index is 2.59. The first kappa shape index (κ1) is 21.7. The minimum absolute atomic E-state index is 0.273. The predicted octanol–water partition coefficient (Wildman–Crippen LogP) is 3.71. The highest BCUT2D eigenvalue weighted by atomic mass is 16.5. The first-order valence-electron chi connectivity index (χ1n) is 9.45. The van der Waals surface area contributed by atoms with Crippen LogP contribution in [-0.4, -0.2) is 50.7 Å². The summed E-state index contributed by atoms with van der Waals surface area (Å²) >= 11 is 0. The van der Waals surface area contributed by atoms with E-state index in [0.717, 1.165) is 49.8 Å². The molecule has 4 nitrogen and oxygen atoms in total. The van der Waals surface area contributed by atoms with Crippen molar-refractivity contribution in [2.45, 2.75) is 51.5 Å². The van der Waals surface area contributed by atoms with E-state index in [9.17, 15) is 4.79 Å². The predicted molar refractivity (Wildman–Crippen MR) is 106 cm³/mol. The Kier molecular flexibility index (Phi) is 10.4. The van der Waals surface area contributed by atoms with Crippen LogP contribution in [0.2, 0.25) is 0 Å². The molecule has 25 heavy (non-hydrogen) atoms. The maximum Gasteiger partial charge on any atom is 0.223 e. The minimum atomic E-state index is 0.273. The third-order valence-corrected chi connectivity index (χ3v) is 4.59. The van der Waals surface area contributed by atoms with Crippen molar-refractivity contribution in [1.82, 2.24) is 10.2 Å². The van der Waals surface area contributed by atoms with Crippen molar-refractivity contribution in [3.05, 3.63) is 36.5 Å². The molecule has 0 aromatic carbocycles. The third-order valence-electron chi connectivity index (χ3n) is 4.59. The van der Waals surface area contributed by atoms with Gasteiger partial charge in [0, 0.05) is 26.1 Å². The lowest BCUT2D eigenvalue weighted by atomic mass is 10.0. The number of hydrogen-bond donors (Lipinski definition) is 1. The Morgan fingerprint density at radius 2 is 2.16 bits per heavy atom. The van der Waals surface area contributed by atoms with Gasteiger partial charge in [-0.15, -0.1) is 0 Å². The van der Waals surface area contributed by atoms with E-state index in [1.54, 1.807) is 7.11 Å². The largest absolute Gasteiger partial charge is 0.384 e. The van der Waals surface area contributed by atoms with E-state index in [4.69, 9.17) is 4.74 Å². The van der Waals surface area contributed by atoms with Crippen molar-refractivity contribution in [2.75, 3.05) is 33.9 Å². The van der Waals surface area contributed by atoms with Gasteiger partial charge in [-0.3, -0.25) is 4.79 Å². The van der Waals surface area contributed by atoms with Gasteiger partial charge in [-0.05, 0) is 57.2 Å². The highest BCUT2D eigenvalue weighted by Gasteiger charge is 2.32. The smallest absolute Gasteiger partial charge is 0.223 e. The second kappa shape index (κ2) is 12.0. The second-order valence-corrected chi connectivity index (χ2v) is 7.13. The number of ether oxygens (including phenoxy) is 1. The van der Waals surface area contributed by atoms with Gasteiger partial charge in [0.25, 0.3) is 0 Å². The zero-order chi connectivity index (χ0) is 18.7. The van der Waals surface area contributed by atoms with Crippen LogP contribution >= 0.6 is 0 Å². The number of rotatable bonds is 14. The molecule has 0 bridgehead atoms. The summed E-state index contributed by atoms with van der Waals surface area (Å²) in [7, 11) is 3.66. The number of allylic oxidation sites excluding steroid dienone is 1. The molecule has 1 aliphatic carbocycles. The summed E-state index contributed by atoms with van der Waals surface area (Å²) in [6, 6.07) is 0.410. The molecule has 1 saturated carbocycles. The molecule has 4 heteroatoms. The number of amides is 1. The highest BCUT2D eigenvalue weighted by Crippen LogP contribution is 2.29. The first-order valence-corrected chi connectivity index (χ1v) is 9.45. The van der Waals surface area contributed by atoms with Gasteiger partial charge in [-0.2, -0.15) is 0 Å². The van der Waals surface area contributed by atoms with E-state index in [-0.39, 0.29) is 5.91 Å². The van der Waals surface area contributed by atoms with Gasteiger partial charge in [0.1, 0.15) is 0 Å². The molecule has 0 radical (unpaired) electrons. The van der Waals surface area contributed by atoms with Crippen molar-refractivity contribution < 1.29 is 9.53 Å². The molecule has 1 atom stereocenters. The monoisotopic (exact) mass is 348 g/mol. The number of nitrogens with one attached hydrogen (secondary N) is 1. The summed E-state index contributed by atoms with van der Waals surface area (Å²) in [5.41, 5.74) is 2.07. The van der Waals surface area contributed by atoms with Gasteiger partial charge < -0.3 is 15.0 Å². The Bertz CT molecular complexity index is 467. The van der Waals surface area contributed by atoms with E-state index in [0.29, 0.717) is 31.5 Å². The third kappa shape index (κ3) is 9.03. The second-order valence-electron chi connectivity index (χ2n) is 7.13. The fourth-order valence-electron chi connectivity index (χ4n) is 2.89. The van der Waals surface area contributed by atoms with Crippen LogP contribution in [0.1, 0.15) is 45.4 Å². The van der Waals surface area contributed by atoms with E-state index >= 15 is 0 Å². The van der Waals surface area contributed by atoms with Gasteiger partial charge >= 0.3 is 0 Å². The number of nitrogens with zero attached hydrogens (tertiary/aromatic N) is 1. The molecule has 142 valence electrons. The summed E-state index contributed by atoms with van der Waals surface area (Å²) in [5.74, 6) is 0.699. The van der Waals surface area contributed by atoms with Crippen LogP contribution in [0.5, 0.6) is 0 Å². The molecule has 0 aliphatic heterocycles. The standard InChI is InChI=1S/C21H36N2O2/c1-6-19(14-18(3)11-13-25-5)16-23(20-9-10-20)21(24)15-17(2)8-7-12-22-4/h6,14,17,20,22H,1,3,7-13,15-16H2,2,4-5H3/b19-14+/t17-/m0/s1. The van der Waals surface area contributed by atoms with Gasteiger partial charge in [0.15, 0.2) is 0 Å². The topological polar surface area (TPSA) is 41.6 Å². The van der Waals surface area contributed by atoms with Crippen molar-refractivity contribution in [2.24, 2.45) is 5.92 Å². The quantitative estimate of drug-likeness (QED) is 0.384. The number of hydrogen-bond acceptors (Lipinski definition) is 3. The molecule has 1 rings (SSSR count). The Hall–Kier alpha value is -1.39. The highest BCUT2D eigenvalue weighted by molar-refractivity contribution is 5.77. The van der Waals surface area contributed by atoms with Crippen molar-refractivity contribution >= 4 is 5.91 Å². The Labute approximate surface area is 154 Å². The van der Waals surface area contributed by atoms with Crippen LogP contribution in [0.25, 0.3) is 0 Å². The lowest BCUT2D eigenvalue weighted by molar-refractivity contribution is -0.132. The fraction of sp³-hybridized carbons (Fsp3) is 0.667. The summed E-state index contributed by atoms with van der Waals surface area (Å²) in [4.78, 5) is 14.8. The molecule has 0 saturated heterocycles. The van der Waals surface area contributed by atoms with Crippen LogP contribution in [0, 0.1) is 5.92 Å². The number of methoxy groups -OCH3 is 1. The van der Waals surface area contributed by atoms with Gasteiger partial charge in [-0.25, -0.2) is 0 Å². The van der Waals surface area contributed by atoms with E-state index in [1.165, 1.54) is 0 Å². The molecule has 1 amide bonds. The van der Waals surface area contributed by atoms with E-state index < -0.39 is 0 Å². The van der Waals surface area contributed by atoms with Crippen LogP contribution in [-0.2, 0) is 9.53 Å². The van der Waals surface area contributed by atoms with Crippen LogP contribution in [0.3, 0.4) is 0 Å². The normalized spacial score (nSPS) is 15.7. The Morgan fingerprint density at radius 3 is 2.72 bits per heavy atom. The summed E-state index contributed by atoms with van der Waals surface area (Å²) in [5, 5.41) is 3.16. The summed E-state index contributed by atoms with van der Waals surface area (Å²) in [6.07, 6.45) is 9.77. The molecular weight excluding hydrogens is 312 g/mol. The zero-order valence-corrected chi connectivity index (χ0v) is 16.4. The molecule has 0 spiro atoms. The summed E-state index contributed by atoms with van der Waals surface area (Å²) in [6.45, 7) is 12.5. The first-order chi connectivity index (χ1) is 12.0. The lowest BCUT2D eigenvalue weighted by Gasteiger charge is -2.25. The fourth-order valence-corrected chi connectivity index (χ4v) is 2.89. The molecular formula is C21H36N2O2. The average molecular weight is 349 g/mol. The maximum absolute atomic E-state index is 12.8. The van der Waals surface area contributed by atoms with Crippen LogP contribution in [0.4, 0.5) is 0 Å². The van der Waals surface area contributed by atoms with Crippen molar-refractivity contribution in [3.63, 3.8) is 0 Å². The number of carbonyl (C=O) groups is 1. The molecule has 0 aromatic rings. The molecule has 1 fully saturated rings. The zero-order valence-electron chi connectivity index (χ0n) is 16.4. The maximum atomic E-state index is 12.8. The van der Waals surface area contributed by atoms with Gasteiger partial charge in [0.05, 0.1) is 6.61 Å². The van der Waals surface area contributed by atoms with Crippen molar-refractivity contribution in [1.29, 1.82) is 0 Å². The van der Waals surface area contributed by atoms with E-state index in [1.807, 2.05) is 24.1 Å². The molecule has 1 aliphatic rings. The van der Waals surface area contributed by atoms with Gasteiger partial charge in [0.2, 0.25) is 5.91 Å². The SMILES string of the molecule is C=C/C(=C\C(=C)CCOC)CN(C(=O)C[C@@H](C)CCCNC)C1CC1. The minimum Gasteiger partial charge on any atom is -0.384 e. The Morgan fingerprint density at radius 1 is 1.44 bits per heavy atom. The molecule has 1 N–H and O–H groups in total. The molecule has 0 aromatic heterocycles. The summed E-state index contributed by atoms with van der Waals surface area (Å²) < 4.78 is 5.09. The van der Waals surface area contributed by atoms with Crippen LogP contribution in [0.15, 0.2) is 36.5 Å². The average Bonchev–Trinajstić information content (AvgIpc) is 3.41. The van der Waals surface area contributed by atoms with Crippen molar-refractivity contribution in [3.8, 4) is 0 Å². The lowest BCUT2D eigenvalue weighted by Crippen LogP contribution is -2.35. The molecule has 0 unspecified atom stereocenters.